The van der Waals surface area contributed by atoms with Crippen LogP contribution in [0.4, 0.5) is 10.2 Å². The zero-order valence-corrected chi connectivity index (χ0v) is 21.3. The van der Waals surface area contributed by atoms with Crippen LogP contribution < -0.4 is 15.0 Å². The van der Waals surface area contributed by atoms with E-state index in [1.165, 1.54) is 6.20 Å². The van der Waals surface area contributed by atoms with Gasteiger partial charge in [-0.05, 0) is 63.8 Å². The van der Waals surface area contributed by atoms with Crippen molar-refractivity contribution in [2.45, 2.75) is 68.2 Å². The number of carbonyl (C=O) groups excluding carboxylic acids is 1. The number of rotatable bonds is 6. The van der Waals surface area contributed by atoms with Crippen LogP contribution in [0.1, 0.15) is 39.5 Å². The molecule has 2 unspecified atom stereocenters. The molecule has 2 aromatic rings. The lowest BCUT2D eigenvalue weighted by molar-refractivity contribution is -0.135. The van der Waals surface area contributed by atoms with Crippen molar-refractivity contribution in [1.29, 1.82) is 0 Å². The largest absolute Gasteiger partial charge is 0.475 e. The minimum absolute atomic E-state index is 0.00776. The Morgan fingerprint density at radius 1 is 1.18 bits per heavy atom. The van der Waals surface area contributed by atoms with Crippen LogP contribution in [0.5, 0.6) is 5.75 Å². The Bertz CT molecular complexity index is 1170. The number of sulfone groups is 1. The van der Waals surface area contributed by atoms with E-state index in [-0.39, 0.29) is 44.7 Å². The van der Waals surface area contributed by atoms with Gasteiger partial charge in [-0.2, -0.15) is 0 Å². The summed E-state index contributed by atoms with van der Waals surface area (Å²) in [6, 6.07) is 5.81. The van der Waals surface area contributed by atoms with Gasteiger partial charge in [0.1, 0.15) is 11.6 Å². The van der Waals surface area contributed by atoms with E-state index in [4.69, 9.17) is 27.9 Å². The normalized spacial score (nSPS) is 22.5. The highest BCUT2D eigenvalue weighted by Gasteiger charge is 2.43. The summed E-state index contributed by atoms with van der Waals surface area (Å²) < 4.78 is 42.7. The molecular formula is C23H26Cl2FN3O4S. The highest BCUT2D eigenvalue weighted by molar-refractivity contribution is 7.90. The van der Waals surface area contributed by atoms with Crippen molar-refractivity contribution < 1.29 is 22.3 Å². The lowest BCUT2D eigenvalue weighted by Gasteiger charge is -2.40. The molecular weight excluding hydrogens is 504 g/mol. The summed E-state index contributed by atoms with van der Waals surface area (Å²) in [6.07, 6.45) is 5.94. The smallest absolute Gasteiger partial charge is 0.263 e. The molecule has 2 atom stereocenters. The molecule has 184 valence electrons. The lowest BCUT2D eigenvalue weighted by atomic mass is 9.96. The Morgan fingerprint density at radius 2 is 1.76 bits per heavy atom. The molecule has 2 saturated heterocycles. The minimum Gasteiger partial charge on any atom is -0.475 e. The second-order valence-corrected chi connectivity index (χ2v) is 12.2. The third-order valence-electron chi connectivity index (χ3n) is 6.35. The molecule has 7 nitrogen and oxygen atoms in total. The standard InChI is InChI=1S/C23H26Cl2FN3O4S/c1-23(2,33-21-18(24)8-13(26)9-19(21)25)22(30)28-14-10-15-4-5-16(11-14)29(15)20-7-6-17(12-27-20)34(3,31)32/h6-9,12,14-16H,4-5,10-11H2,1-3H3,(H,28,30). The molecule has 2 aliphatic heterocycles. The predicted octanol–water partition coefficient (Wildman–Crippen LogP) is 4.40. The van der Waals surface area contributed by atoms with Crippen LogP contribution in [-0.4, -0.2) is 49.3 Å². The monoisotopic (exact) mass is 529 g/mol. The number of carbonyl (C=O) groups is 1. The van der Waals surface area contributed by atoms with Gasteiger partial charge in [0.05, 0.1) is 14.9 Å². The fourth-order valence-corrected chi connectivity index (χ4v) is 5.80. The molecule has 34 heavy (non-hydrogen) atoms. The number of nitrogens with one attached hydrogen (secondary N) is 1. The van der Waals surface area contributed by atoms with E-state index < -0.39 is 21.3 Å². The van der Waals surface area contributed by atoms with Gasteiger partial charge in [-0.3, -0.25) is 4.79 Å². The van der Waals surface area contributed by atoms with Crippen molar-refractivity contribution in [1.82, 2.24) is 10.3 Å². The second-order valence-electron chi connectivity index (χ2n) is 9.37. The number of halogens is 3. The topological polar surface area (TPSA) is 88.6 Å². The van der Waals surface area contributed by atoms with E-state index in [0.29, 0.717) is 0 Å². The number of piperidine rings is 1. The van der Waals surface area contributed by atoms with Crippen LogP contribution in [0.15, 0.2) is 35.4 Å². The molecule has 2 aliphatic rings. The van der Waals surface area contributed by atoms with Crippen LogP contribution in [0, 0.1) is 5.82 Å². The van der Waals surface area contributed by atoms with Crippen molar-refractivity contribution >= 4 is 44.8 Å². The molecule has 1 N–H and O–H groups in total. The number of hydrogen-bond donors (Lipinski definition) is 1. The SMILES string of the molecule is CC(C)(Oc1c(Cl)cc(F)cc1Cl)C(=O)NC1CC2CCC(C1)N2c1ccc(S(C)(=O)=O)cn1. The maximum absolute atomic E-state index is 13.5. The fourth-order valence-electron chi connectivity index (χ4n) is 4.70. The van der Waals surface area contributed by atoms with Gasteiger partial charge in [-0.1, -0.05) is 23.2 Å². The third-order valence-corrected chi connectivity index (χ3v) is 8.01. The van der Waals surface area contributed by atoms with Crippen molar-refractivity contribution in [2.24, 2.45) is 0 Å². The molecule has 3 heterocycles. The van der Waals surface area contributed by atoms with E-state index in [2.05, 4.69) is 15.2 Å². The number of hydrogen-bond acceptors (Lipinski definition) is 6. The Kier molecular flexibility index (Phi) is 6.74. The number of benzene rings is 1. The van der Waals surface area contributed by atoms with Crippen molar-refractivity contribution in [3.05, 3.63) is 46.3 Å². The molecule has 2 bridgehead atoms. The first-order chi connectivity index (χ1) is 15.8. The molecule has 0 saturated carbocycles. The van der Waals surface area contributed by atoms with Crippen LogP contribution in [0.25, 0.3) is 0 Å². The van der Waals surface area contributed by atoms with E-state index in [9.17, 15) is 17.6 Å². The summed E-state index contributed by atoms with van der Waals surface area (Å²) in [5.41, 5.74) is -1.29. The van der Waals surface area contributed by atoms with Crippen molar-refractivity contribution in [3.63, 3.8) is 0 Å². The summed E-state index contributed by atoms with van der Waals surface area (Å²) in [5.74, 6) is -0.109. The van der Waals surface area contributed by atoms with E-state index in [0.717, 1.165) is 49.9 Å². The molecule has 1 aromatic carbocycles. The number of amides is 1. The van der Waals surface area contributed by atoms with E-state index >= 15 is 0 Å². The Morgan fingerprint density at radius 3 is 2.26 bits per heavy atom. The Balaban J connectivity index is 1.42. The number of aromatic nitrogens is 1. The molecule has 2 fully saturated rings. The Labute approximate surface area is 208 Å². The summed E-state index contributed by atoms with van der Waals surface area (Å²) in [5, 5.41) is 3.07. The number of fused-ring (bicyclic) bond motifs is 2. The summed E-state index contributed by atoms with van der Waals surface area (Å²) in [4.78, 5) is 19.9. The maximum atomic E-state index is 13.5. The van der Waals surface area contributed by atoms with Gasteiger partial charge >= 0.3 is 0 Å². The quantitative estimate of drug-likeness (QED) is 0.596. The minimum atomic E-state index is -3.30. The fraction of sp³-hybridized carbons (Fsp3) is 0.478. The van der Waals surface area contributed by atoms with Gasteiger partial charge in [-0.25, -0.2) is 17.8 Å². The van der Waals surface area contributed by atoms with Gasteiger partial charge in [0, 0.05) is 30.6 Å². The second kappa shape index (κ2) is 9.17. The molecule has 0 spiro atoms. The van der Waals surface area contributed by atoms with Crippen LogP contribution in [-0.2, 0) is 14.6 Å². The summed E-state index contributed by atoms with van der Waals surface area (Å²) >= 11 is 12.1. The highest BCUT2D eigenvalue weighted by Crippen LogP contribution is 2.39. The predicted molar refractivity (Wildman–Crippen MR) is 129 cm³/mol. The zero-order valence-electron chi connectivity index (χ0n) is 19.0. The molecule has 0 aliphatic carbocycles. The molecule has 1 aromatic heterocycles. The Hall–Kier alpha value is -2.10. The maximum Gasteiger partial charge on any atom is 0.263 e. The van der Waals surface area contributed by atoms with Crippen LogP contribution >= 0.6 is 23.2 Å². The van der Waals surface area contributed by atoms with Gasteiger partial charge in [0.2, 0.25) is 0 Å². The number of nitrogens with zero attached hydrogens (tertiary/aromatic N) is 2. The average molecular weight is 530 g/mol. The van der Waals surface area contributed by atoms with Gasteiger partial charge in [0.15, 0.2) is 21.2 Å². The van der Waals surface area contributed by atoms with Gasteiger partial charge < -0.3 is 15.0 Å². The number of pyridine rings is 1. The molecule has 0 radical (unpaired) electrons. The van der Waals surface area contributed by atoms with Crippen molar-refractivity contribution in [2.75, 3.05) is 11.2 Å². The van der Waals surface area contributed by atoms with Crippen LogP contribution in [0.2, 0.25) is 10.0 Å². The van der Waals surface area contributed by atoms with E-state index in [1.54, 1.807) is 26.0 Å². The van der Waals surface area contributed by atoms with Crippen LogP contribution in [0.3, 0.4) is 0 Å². The molecule has 11 heteroatoms. The first-order valence-corrected chi connectivity index (χ1v) is 13.6. The first kappa shape index (κ1) is 25.0. The summed E-state index contributed by atoms with van der Waals surface area (Å²) in [6.45, 7) is 3.21. The van der Waals surface area contributed by atoms with Gasteiger partial charge in [-0.15, -0.1) is 0 Å². The molecule has 4 rings (SSSR count). The van der Waals surface area contributed by atoms with Gasteiger partial charge in [0.25, 0.3) is 5.91 Å². The third kappa shape index (κ3) is 5.11. The van der Waals surface area contributed by atoms with Crippen molar-refractivity contribution in [3.8, 4) is 5.75 Å². The lowest BCUT2D eigenvalue weighted by Crippen LogP contribution is -2.55. The average Bonchev–Trinajstić information content (AvgIpc) is 3.00. The molecule has 1 amide bonds. The highest BCUT2D eigenvalue weighted by atomic mass is 35.5. The number of ether oxygens (including phenoxy) is 1. The first-order valence-electron chi connectivity index (χ1n) is 10.9. The number of anilines is 1. The summed E-state index contributed by atoms with van der Waals surface area (Å²) in [7, 11) is -3.30. The van der Waals surface area contributed by atoms with E-state index in [1.807, 2.05) is 0 Å². The zero-order chi connectivity index (χ0) is 24.8.